The molecular formula is C18H15BrN2O4S. The van der Waals surface area contributed by atoms with Crippen LogP contribution >= 0.6 is 15.9 Å². The Bertz CT molecular complexity index is 1020. The van der Waals surface area contributed by atoms with Gasteiger partial charge >= 0.3 is 6.03 Å². The van der Waals surface area contributed by atoms with E-state index in [9.17, 15) is 18.0 Å². The fourth-order valence-corrected chi connectivity index (χ4v) is 5.70. The number of sulfonamides is 1. The second kappa shape index (κ2) is 5.92. The molecule has 0 bridgehead atoms. The number of hydrogen-bond acceptors (Lipinski definition) is 4. The van der Waals surface area contributed by atoms with Crippen molar-refractivity contribution in [2.75, 3.05) is 0 Å². The molecule has 8 heteroatoms. The maximum absolute atomic E-state index is 13.3. The molecule has 0 aromatic heterocycles. The number of halogens is 1. The van der Waals surface area contributed by atoms with Gasteiger partial charge in [-0.25, -0.2) is 13.2 Å². The summed E-state index contributed by atoms with van der Waals surface area (Å²) in [7, 11) is -4.21. The Hall–Kier alpha value is -2.19. The van der Waals surface area contributed by atoms with Gasteiger partial charge in [0.1, 0.15) is 0 Å². The predicted molar refractivity (Wildman–Crippen MR) is 97.8 cm³/mol. The van der Waals surface area contributed by atoms with E-state index in [2.05, 4.69) is 21.2 Å². The summed E-state index contributed by atoms with van der Waals surface area (Å²) < 4.78 is 28.0. The number of urea groups is 1. The zero-order valence-electron chi connectivity index (χ0n) is 13.6. The largest absolute Gasteiger partial charge is 0.339 e. The molecule has 1 unspecified atom stereocenters. The third kappa shape index (κ3) is 2.32. The fraction of sp³-hybridized carbons (Fsp3) is 0.222. The fourth-order valence-electron chi connectivity index (χ4n) is 3.80. The molecule has 0 saturated carbocycles. The summed E-state index contributed by atoms with van der Waals surface area (Å²) in [6, 6.07) is 12.3. The van der Waals surface area contributed by atoms with Crippen molar-refractivity contribution in [2.24, 2.45) is 0 Å². The third-order valence-electron chi connectivity index (χ3n) is 4.93. The van der Waals surface area contributed by atoms with E-state index in [1.165, 1.54) is 12.1 Å². The molecule has 4 rings (SSSR count). The van der Waals surface area contributed by atoms with E-state index in [1.807, 2.05) is 12.1 Å². The number of benzene rings is 2. The SMILES string of the molecule is O=C1NC(=O)C2(CCCc3ccccc32)N1S(=O)(=O)c1ccc(Br)cc1. The van der Waals surface area contributed by atoms with Gasteiger partial charge in [-0.15, -0.1) is 0 Å². The van der Waals surface area contributed by atoms with Gasteiger partial charge in [0, 0.05) is 4.47 Å². The van der Waals surface area contributed by atoms with Gasteiger partial charge in [0.15, 0.2) is 5.54 Å². The van der Waals surface area contributed by atoms with E-state index < -0.39 is 27.5 Å². The molecule has 26 heavy (non-hydrogen) atoms. The molecule has 1 N–H and O–H groups in total. The molecule has 2 aromatic carbocycles. The van der Waals surface area contributed by atoms with Crippen molar-refractivity contribution in [1.29, 1.82) is 0 Å². The molecule has 1 aliphatic heterocycles. The Morgan fingerprint density at radius 2 is 1.73 bits per heavy atom. The Kier molecular flexibility index (Phi) is 3.92. The Balaban J connectivity index is 1.94. The molecule has 1 heterocycles. The predicted octanol–water partition coefficient (Wildman–Crippen LogP) is 2.92. The highest BCUT2D eigenvalue weighted by Gasteiger charge is 2.60. The lowest BCUT2D eigenvalue weighted by molar-refractivity contribution is -0.126. The van der Waals surface area contributed by atoms with Crippen LogP contribution in [0, 0.1) is 0 Å². The van der Waals surface area contributed by atoms with Gasteiger partial charge in [-0.1, -0.05) is 40.2 Å². The third-order valence-corrected chi connectivity index (χ3v) is 7.28. The van der Waals surface area contributed by atoms with Crippen LogP contribution in [0.5, 0.6) is 0 Å². The van der Waals surface area contributed by atoms with Crippen molar-refractivity contribution in [1.82, 2.24) is 9.62 Å². The first-order valence-electron chi connectivity index (χ1n) is 8.12. The van der Waals surface area contributed by atoms with E-state index in [0.29, 0.717) is 12.0 Å². The van der Waals surface area contributed by atoms with Gasteiger partial charge < -0.3 is 0 Å². The van der Waals surface area contributed by atoms with Crippen molar-refractivity contribution in [2.45, 2.75) is 29.7 Å². The zero-order valence-corrected chi connectivity index (χ0v) is 16.0. The number of nitrogens with one attached hydrogen (secondary N) is 1. The average molecular weight is 435 g/mol. The quantitative estimate of drug-likeness (QED) is 0.736. The first-order valence-corrected chi connectivity index (χ1v) is 10.4. The molecule has 6 nitrogen and oxygen atoms in total. The number of hydrogen-bond donors (Lipinski definition) is 1. The minimum Gasteiger partial charge on any atom is -0.275 e. The first kappa shape index (κ1) is 17.2. The van der Waals surface area contributed by atoms with Crippen LogP contribution in [0.3, 0.4) is 0 Å². The molecule has 1 spiro atoms. The van der Waals surface area contributed by atoms with E-state index in [0.717, 1.165) is 20.8 Å². The van der Waals surface area contributed by atoms with Crippen molar-refractivity contribution >= 4 is 37.9 Å². The molecule has 1 atom stereocenters. The number of carbonyl (C=O) groups is 2. The van der Waals surface area contributed by atoms with Crippen molar-refractivity contribution in [3.05, 3.63) is 64.1 Å². The number of carbonyl (C=O) groups excluding carboxylic acids is 2. The van der Waals surface area contributed by atoms with Gasteiger partial charge in [0.2, 0.25) is 0 Å². The van der Waals surface area contributed by atoms with Gasteiger partial charge in [-0.05, 0) is 54.7 Å². The number of rotatable bonds is 2. The zero-order chi connectivity index (χ0) is 18.5. The molecule has 1 saturated heterocycles. The minimum absolute atomic E-state index is 0.0343. The van der Waals surface area contributed by atoms with E-state index in [-0.39, 0.29) is 11.3 Å². The van der Waals surface area contributed by atoms with Crippen LogP contribution in [0.15, 0.2) is 57.9 Å². The number of amides is 3. The van der Waals surface area contributed by atoms with E-state index in [4.69, 9.17) is 0 Å². The van der Waals surface area contributed by atoms with Crippen molar-refractivity contribution in [3.63, 3.8) is 0 Å². The summed E-state index contributed by atoms with van der Waals surface area (Å²) in [6.45, 7) is 0. The van der Waals surface area contributed by atoms with E-state index in [1.54, 1.807) is 24.3 Å². The highest BCUT2D eigenvalue weighted by Crippen LogP contribution is 2.45. The average Bonchev–Trinajstić information content (AvgIpc) is 2.87. The highest BCUT2D eigenvalue weighted by atomic mass is 79.9. The van der Waals surface area contributed by atoms with Gasteiger partial charge in [-0.3, -0.25) is 10.1 Å². The van der Waals surface area contributed by atoms with Gasteiger partial charge in [0.25, 0.3) is 15.9 Å². The normalized spacial score (nSPS) is 22.4. The molecule has 134 valence electrons. The molecule has 3 amide bonds. The lowest BCUT2D eigenvalue weighted by atomic mass is 9.76. The molecule has 1 aliphatic carbocycles. The summed E-state index contributed by atoms with van der Waals surface area (Å²) in [5.41, 5.74) is -0.0624. The van der Waals surface area contributed by atoms with Crippen LogP contribution < -0.4 is 5.32 Å². The van der Waals surface area contributed by atoms with Crippen LogP contribution in [-0.4, -0.2) is 24.7 Å². The maximum atomic E-state index is 13.3. The Morgan fingerprint density at radius 3 is 2.46 bits per heavy atom. The summed E-state index contributed by atoms with van der Waals surface area (Å²) in [6.07, 6.45) is 1.62. The highest BCUT2D eigenvalue weighted by molar-refractivity contribution is 9.10. The van der Waals surface area contributed by atoms with Crippen LogP contribution in [0.4, 0.5) is 4.79 Å². The molecule has 1 fully saturated rings. The first-order chi connectivity index (χ1) is 12.4. The number of nitrogens with zero attached hydrogens (tertiary/aromatic N) is 1. The molecule has 0 radical (unpaired) electrons. The number of imide groups is 1. The van der Waals surface area contributed by atoms with Crippen LogP contribution in [-0.2, 0) is 26.8 Å². The van der Waals surface area contributed by atoms with Gasteiger partial charge in [0.05, 0.1) is 4.90 Å². The minimum atomic E-state index is -4.21. The monoisotopic (exact) mass is 434 g/mol. The number of aryl methyl sites for hydroxylation is 1. The van der Waals surface area contributed by atoms with E-state index >= 15 is 0 Å². The standard InChI is InChI=1S/C18H15BrN2O4S/c19-13-7-9-14(10-8-13)26(24,25)21-17(23)20-16(22)18(21)11-3-5-12-4-1-2-6-15(12)18/h1-2,4,6-10H,3,5,11H2,(H,20,22,23). The molecule has 2 aliphatic rings. The van der Waals surface area contributed by atoms with Crippen molar-refractivity contribution < 1.29 is 18.0 Å². The van der Waals surface area contributed by atoms with Gasteiger partial charge in [-0.2, -0.15) is 4.31 Å². The second-order valence-corrected chi connectivity index (χ2v) is 9.06. The smallest absolute Gasteiger partial charge is 0.275 e. The lowest BCUT2D eigenvalue weighted by Crippen LogP contribution is -2.51. The summed E-state index contributed by atoms with van der Waals surface area (Å²) in [5, 5.41) is 2.22. The van der Waals surface area contributed by atoms with Crippen LogP contribution in [0.25, 0.3) is 0 Å². The van der Waals surface area contributed by atoms with Crippen molar-refractivity contribution in [3.8, 4) is 0 Å². The van der Waals surface area contributed by atoms with Crippen LogP contribution in [0.2, 0.25) is 0 Å². The second-order valence-electron chi connectivity index (χ2n) is 6.35. The molecular weight excluding hydrogens is 420 g/mol. The maximum Gasteiger partial charge on any atom is 0.339 e. The Labute approximate surface area is 159 Å². The van der Waals surface area contributed by atoms with Crippen LogP contribution in [0.1, 0.15) is 24.0 Å². The lowest BCUT2D eigenvalue weighted by Gasteiger charge is -2.38. The summed E-state index contributed by atoms with van der Waals surface area (Å²) >= 11 is 3.27. The Morgan fingerprint density at radius 1 is 1.04 bits per heavy atom. The molecule has 2 aromatic rings. The topological polar surface area (TPSA) is 83.6 Å². The summed E-state index contributed by atoms with van der Waals surface area (Å²) in [4.78, 5) is 25.3. The summed E-state index contributed by atoms with van der Waals surface area (Å²) in [5.74, 6) is -0.588. The number of fused-ring (bicyclic) bond motifs is 2.